The molecule has 3 rings (SSSR count). The molecule has 4 N–H and O–H groups in total. The SMILES string of the molecule is CC(=O)c1c(O)c(C)c(O)c2c1OC1=CC(=O)C(=C(C)NCCS(=O)(=O)NC(C)C)C(=O)C12C. The van der Waals surface area contributed by atoms with E-state index in [1.807, 2.05) is 0 Å². The van der Waals surface area contributed by atoms with Crippen molar-refractivity contribution in [1.29, 1.82) is 0 Å². The van der Waals surface area contributed by atoms with Gasteiger partial charge in [-0.3, -0.25) is 14.4 Å². The Hall–Kier alpha value is -3.18. The van der Waals surface area contributed by atoms with Gasteiger partial charge >= 0.3 is 0 Å². The molecule has 184 valence electrons. The number of phenolic OH excluding ortho intramolecular Hbond substituents is 2. The van der Waals surface area contributed by atoms with Gasteiger partial charge in [0.1, 0.15) is 34.0 Å². The van der Waals surface area contributed by atoms with Crippen LogP contribution in [-0.4, -0.2) is 54.3 Å². The first-order chi connectivity index (χ1) is 15.6. The molecule has 0 saturated carbocycles. The lowest BCUT2D eigenvalue weighted by atomic mass is 9.70. The molecule has 2 aliphatic rings. The number of allylic oxidation sites excluding steroid dienone is 4. The molecule has 1 aliphatic carbocycles. The fourth-order valence-corrected chi connectivity index (χ4v) is 5.45. The van der Waals surface area contributed by atoms with Crippen molar-refractivity contribution in [3.05, 3.63) is 39.8 Å². The molecule has 1 heterocycles. The van der Waals surface area contributed by atoms with E-state index in [9.17, 15) is 33.0 Å². The first-order valence-corrected chi connectivity index (χ1v) is 12.3. The second-order valence-electron chi connectivity index (χ2n) is 8.90. The Morgan fingerprint density at radius 3 is 2.35 bits per heavy atom. The zero-order valence-corrected chi connectivity index (χ0v) is 20.6. The van der Waals surface area contributed by atoms with Crippen LogP contribution in [0, 0.1) is 6.92 Å². The number of aromatic hydroxyl groups is 2. The zero-order valence-electron chi connectivity index (χ0n) is 19.8. The van der Waals surface area contributed by atoms with Crippen LogP contribution >= 0.6 is 0 Å². The minimum atomic E-state index is -3.55. The third kappa shape index (κ3) is 3.98. The number of carbonyl (C=O) groups excluding carboxylic acids is 3. The summed E-state index contributed by atoms with van der Waals surface area (Å²) >= 11 is 0. The Morgan fingerprint density at radius 2 is 1.79 bits per heavy atom. The van der Waals surface area contributed by atoms with Crippen molar-refractivity contribution in [3.63, 3.8) is 0 Å². The molecule has 1 aromatic carbocycles. The largest absolute Gasteiger partial charge is 0.507 e. The molecule has 11 heteroatoms. The molecule has 0 saturated heterocycles. The van der Waals surface area contributed by atoms with E-state index in [0.717, 1.165) is 6.08 Å². The number of phenols is 2. The van der Waals surface area contributed by atoms with Crippen molar-refractivity contribution in [3.8, 4) is 17.2 Å². The predicted molar refractivity (Wildman–Crippen MR) is 123 cm³/mol. The Balaban J connectivity index is 2.05. The van der Waals surface area contributed by atoms with E-state index < -0.39 is 44.3 Å². The third-order valence-electron chi connectivity index (χ3n) is 5.94. The van der Waals surface area contributed by atoms with Crippen molar-refractivity contribution in [1.82, 2.24) is 10.0 Å². The van der Waals surface area contributed by atoms with Crippen LogP contribution in [0.4, 0.5) is 0 Å². The molecule has 1 aromatic rings. The standard InChI is InChI=1S/C23H28N2O8S/c1-10(2)25-34(31,32)8-7-24-12(4)16-14(27)9-15-23(6,22(16)30)18-20(29)11(3)19(28)17(13(5)26)21(18)33-15/h9-10,24-25,28-29H,7-8H2,1-6H3. The highest BCUT2D eigenvalue weighted by atomic mass is 32.2. The van der Waals surface area contributed by atoms with Gasteiger partial charge in [-0.2, -0.15) is 0 Å². The van der Waals surface area contributed by atoms with E-state index in [1.165, 1.54) is 27.7 Å². The van der Waals surface area contributed by atoms with Gasteiger partial charge in [0.15, 0.2) is 17.3 Å². The molecule has 0 amide bonds. The number of fused-ring (bicyclic) bond motifs is 3. The van der Waals surface area contributed by atoms with Gasteiger partial charge in [0.05, 0.1) is 16.9 Å². The van der Waals surface area contributed by atoms with Crippen molar-refractivity contribution in [2.45, 2.75) is 53.0 Å². The van der Waals surface area contributed by atoms with Crippen LogP contribution in [0.2, 0.25) is 0 Å². The van der Waals surface area contributed by atoms with E-state index in [0.29, 0.717) is 0 Å². The van der Waals surface area contributed by atoms with Crippen LogP contribution in [-0.2, 0) is 25.0 Å². The van der Waals surface area contributed by atoms with Crippen molar-refractivity contribution in [2.75, 3.05) is 12.3 Å². The topological polar surface area (TPSA) is 159 Å². The number of carbonyl (C=O) groups is 3. The highest BCUT2D eigenvalue weighted by Crippen LogP contribution is 2.57. The van der Waals surface area contributed by atoms with Crippen molar-refractivity contribution < 1.29 is 37.8 Å². The van der Waals surface area contributed by atoms with Gasteiger partial charge in [0, 0.05) is 29.9 Å². The Kier molecular flexibility index (Phi) is 6.40. The average molecular weight is 493 g/mol. The summed E-state index contributed by atoms with van der Waals surface area (Å²) in [6.07, 6.45) is 1.11. The minimum Gasteiger partial charge on any atom is -0.507 e. The van der Waals surface area contributed by atoms with Gasteiger partial charge in [-0.25, -0.2) is 13.1 Å². The maximum absolute atomic E-state index is 13.6. The van der Waals surface area contributed by atoms with Gasteiger partial charge < -0.3 is 20.3 Å². The highest BCUT2D eigenvalue weighted by molar-refractivity contribution is 7.89. The van der Waals surface area contributed by atoms with Crippen molar-refractivity contribution >= 4 is 27.4 Å². The molecular weight excluding hydrogens is 464 g/mol. The Labute approximate surface area is 197 Å². The number of benzene rings is 1. The normalized spacial score (nSPS) is 21.1. The number of sulfonamides is 1. The van der Waals surface area contributed by atoms with Crippen LogP contribution < -0.4 is 14.8 Å². The Bertz CT molecular complexity index is 1290. The smallest absolute Gasteiger partial charge is 0.213 e. The molecular formula is C23H28N2O8S. The summed E-state index contributed by atoms with van der Waals surface area (Å²) in [7, 11) is -3.55. The number of ether oxygens (including phenoxy) is 1. The lowest BCUT2D eigenvalue weighted by Crippen LogP contribution is -2.41. The summed E-state index contributed by atoms with van der Waals surface area (Å²) in [5, 5.41) is 24.0. The number of hydrogen-bond acceptors (Lipinski definition) is 9. The predicted octanol–water partition coefficient (Wildman–Crippen LogP) is 1.49. The highest BCUT2D eigenvalue weighted by Gasteiger charge is 2.56. The Morgan fingerprint density at radius 1 is 1.18 bits per heavy atom. The number of ketones is 3. The van der Waals surface area contributed by atoms with Gasteiger partial charge in [0.2, 0.25) is 10.0 Å². The summed E-state index contributed by atoms with van der Waals surface area (Å²) in [6.45, 7) is 8.89. The van der Waals surface area contributed by atoms with E-state index in [2.05, 4.69) is 10.0 Å². The van der Waals surface area contributed by atoms with Gasteiger partial charge in [-0.15, -0.1) is 0 Å². The minimum absolute atomic E-state index is 0.00274. The zero-order chi connectivity index (χ0) is 25.7. The van der Waals surface area contributed by atoms with E-state index in [-0.39, 0.29) is 57.8 Å². The first kappa shape index (κ1) is 25.4. The number of hydrogen-bond donors (Lipinski definition) is 4. The summed E-state index contributed by atoms with van der Waals surface area (Å²) < 4.78 is 32.2. The third-order valence-corrected chi connectivity index (χ3v) is 7.51. The second kappa shape index (κ2) is 8.55. The van der Waals surface area contributed by atoms with Crippen LogP contribution in [0.1, 0.15) is 56.1 Å². The van der Waals surface area contributed by atoms with Crippen LogP contribution in [0.15, 0.2) is 23.1 Å². The molecule has 0 bridgehead atoms. The molecule has 0 spiro atoms. The molecule has 1 aliphatic heterocycles. The number of rotatable bonds is 7. The van der Waals surface area contributed by atoms with E-state index in [1.54, 1.807) is 13.8 Å². The maximum atomic E-state index is 13.6. The summed E-state index contributed by atoms with van der Waals surface area (Å²) in [5.74, 6) is -3.27. The van der Waals surface area contributed by atoms with E-state index in [4.69, 9.17) is 4.74 Å². The van der Waals surface area contributed by atoms with Gasteiger partial charge in [-0.1, -0.05) is 0 Å². The van der Waals surface area contributed by atoms with Crippen LogP contribution in [0.25, 0.3) is 0 Å². The van der Waals surface area contributed by atoms with Gasteiger partial charge in [-0.05, 0) is 41.5 Å². The fraction of sp³-hybridized carbons (Fsp3) is 0.435. The lowest BCUT2D eigenvalue weighted by Gasteiger charge is -2.29. The molecule has 1 atom stereocenters. The number of nitrogens with one attached hydrogen (secondary N) is 2. The molecule has 0 fully saturated rings. The molecule has 34 heavy (non-hydrogen) atoms. The van der Waals surface area contributed by atoms with Crippen molar-refractivity contribution in [2.24, 2.45) is 0 Å². The first-order valence-electron chi connectivity index (χ1n) is 10.7. The molecule has 10 nitrogen and oxygen atoms in total. The lowest BCUT2D eigenvalue weighted by molar-refractivity contribution is -0.123. The average Bonchev–Trinajstić information content (AvgIpc) is 2.98. The maximum Gasteiger partial charge on any atom is 0.213 e. The van der Waals surface area contributed by atoms with Crippen LogP contribution in [0.3, 0.4) is 0 Å². The molecule has 0 radical (unpaired) electrons. The fourth-order valence-electron chi connectivity index (χ4n) is 4.24. The molecule has 1 unspecified atom stereocenters. The summed E-state index contributed by atoms with van der Waals surface area (Å²) in [5.41, 5.74) is -1.87. The van der Waals surface area contributed by atoms with Crippen LogP contribution in [0.5, 0.6) is 17.2 Å². The summed E-state index contributed by atoms with van der Waals surface area (Å²) in [6, 6.07) is -0.271. The number of Topliss-reactive ketones (excluding diaryl/α,β-unsaturated/α-hetero) is 2. The van der Waals surface area contributed by atoms with Gasteiger partial charge in [0.25, 0.3) is 0 Å². The van der Waals surface area contributed by atoms with E-state index >= 15 is 0 Å². The monoisotopic (exact) mass is 492 g/mol. The molecule has 0 aromatic heterocycles. The quantitative estimate of drug-likeness (QED) is 0.251. The second-order valence-corrected chi connectivity index (χ2v) is 10.8. The summed E-state index contributed by atoms with van der Waals surface area (Å²) in [4.78, 5) is 38.7.